The van der Waals surface area contributed by atoms with Gasteiger partial charge in [0, 0.05) is 6.54 Å². The van der Waals surface area contributed by atoms with Crippen molar-refractivity contribution in [2.45, 2.75) is 58.0 Å². The molecule has 0 aromatic heterocycles. The Hall–Kier alpha value is -0.610. The number of carboxylic acid groups (broad SMARTS) is 1. The Morgan fingerprint density at radius 3 is 2.11 bits per heavy atom. The molecule has 0 saturated heterocycles. The van der Waals surface area contributed by atoms with Gasteiger partial charge in [-0.25, -0.2) is 0 Å². The first-order valence-electron chi connectivity index (χ1n) is 7.18. The van der Waals surface area contributed by atoms with Crippen LogP contribution in [0.3, 0.4) is 0 Å². The number of nitrogens with zero attached hydrogens (tertiary/aromatic N) is 1. The van der Waals surface area contributed by atoms with Crippen molar-refractivity contribution in [3.63, 3.8) is 0 Å². The summed E-state index contributed by atoms with van der Waals surface area (Å²) in [5.41, 5.74) is -0.670. The molecule has 0 aromatic rings. The van der Waals surface area contributed by atoms with Crippen LogP contribution >= 0.6 is 0 Å². The molecule has 0 spiro atoms. The second-order valence-corrected chi connectivity index (χ2v) is 5.61. The summed E-state index contributed by atoms with van der Waals surface area (Å²) in [5.74, 6) is -0.966. The van der Waals surface area contributed by atoms with E-state index in [-0.39, 0.29) is 5.92 Å². The molecule has 18 heavy (non-hydrogen) atoms. The van der Waals surface area contributed by atoms with Crippen molar-refractivity contribution in [2.24, 2.45) is 5.92 Å². The van der Waals surface area contributed by atoms with Crippen molar-refractivity contribution in [2.75, 3.05) is 19.6 Å². The minimum Gasteiger partial charge on any atom is -0.481 e. The van der Waals surface area contributed by atoms with E-state index in [4.69, 9.17) is 5.11 Å². The predicted molar refractivity (Wildman–Crippen MR) is 71.6 cm³/mol. The zero-order valence-corrected chi connectivity index (χ0v) is 11.7. The summed E-state index contributed by atoms with van der Waals surface area (Å²) >= 11 is 0. The Morgan fingerprint density at radius 1 is 1.22 bits per heavy atom. The van der Waals surface area contributed by atoms with Crippen LogP contribution in [0.1, 0.15) is 52.4 Å². The Labute approximate surface area is 110 Å². The standard InChI is InChI=1S/C14H27NO3/c1-3-9-15(10-4-2)11-14(18)7-5-12(6-8-14)13(16)17/h12,18H,3-11H2,1-2H3,(H,16,17). The van der Waals surface area contributed by atoms with Crippen LogP contribution in [0.4, 0.5) is 0 Å². The summed E-state index contributed by atoms with van der Waals surface area (Å²) in [7, 11) is 0. The topological polar surface area (TPSA) is 60.8 Å². The van der Waals surface area contributed by atoms with Gasteiger partial charge < -0.3 is 15.1 Å². The van der Waals surface area contributed by atoms with E-state index >= 15 is 0 Å². The van der Waals surface area contributed by atoms with Crippen LogP contribution < -0.4 is 0 Å². The maximum atomic E-state index is 10.9. The van der Waals surface area contributed by atoms with Crippen molar-refractivity contribution in [1.82, 2.24) is 4.90 Å². The van der Waals surface area contributed by atoms with Gasteiger partial charge in [-0.1, -0.05) is 13.8 Å². The molecule has 0 amide bonds. The fourth-order valence-corrected chi connectivity index (χ4v) is 2.88. The third-order valence-electron chi connectivity index (χ3n) is 3.86. The highest BCUT2D eigenvalue weighted by molar-refractivity contribution is 5.70. The molecule has 1 aliphatic rings. The normalized spacial score (nSPS) is 28.6. The first kappa shape index (κ1) is 15.4. The highest BCUT2D eigenvalue weighted by Crippen LogP contribution is 2.33. The van der Waals surface area contributed by atoms with Crippen LogP contribution in [-0.2, 0) is 4.79 Å². The van der Waals surface area contributed by atoms with Crippen LogP contribution in [0.15, 0.2) is 0 Å². The quantitative estimate of drug-likeness (QED) is 0.733. The number of aliphatic carboxylic acids is 1. The summed E-state index contributed by atoms with van der Waals surface area (Å²) in [5, 5.41) is 19.5. The van der Waals surface area contributed by atoms with E-state index in [0.717, 1.165) is 25.9 Å². The van der Waals surface area contributed by atoms with E-state index in [9.17, 15) is 9.90 Å². The number of carbonyl (C=O) groups is 1. The molecular weight excluding hydrogens is 230 g/mol. The number of carboxylic acids is 1. The molecule has 0 bridgehead atoms. The van der Waals surface area contributed by atoms with Gasteiger partial charge in [0.1, 0.15) is 0 Å². The van der Waals surface area contributed by atoms with E-state index in [0.29, 0.717) is 32.2 Å². The zero-order valence-electron chi connectivity index (χ0n) is 11.7. The minimum absolute atomic E-state index is 0.254. The summed E-state index contributed by atoms with van der Waals surface area (Å²) in [6.45, 7) is 7.01. The molecule has 1 rings (SSSR count). The number of rotatable bonds is 7. The molecule has 1 aliphatic carbocycles. The second-order valence-electron chi connectivity index (χ2n) is 5.61. The molecule has 4 nitrogen and oxygen atoms in total. The molecule has 2 N–H and O–H groups in total. The highest BCUT2D eigenvalue weighted by Gasteiger charge is 2.36. The van der Waals surface area contributed by atoms with Gasteiger partial charge in [0.15, 0.2) is 0 Å². The second kappa shape index (κ2) is 7.10. The van der Waals surface area contributed by atoms with Crippen LogP contribution in [0.2, 0.25) is 0 Å². The van der Waals surface area contributed by atoms with Crippen LogP contribution in [0.5, 0.6) is 0 Å². The van der Waals surface area contributed by atoms with Crippen LogP contribution in [0.25, 0.3) is 0 Å². The van der Waals surface area contributed by atoms with Gasteiger partial charge in [0.2, 0.25) is 0 Å². The van der Waals surface area contributed by atoms with E-state index in [1.807, 2.05) is 0 Å². The van der Waals surface area contributed by atoms with Crippen LogP contribution in [-0.4, -0.2) is 46.3 Å². The van der Waals surface area contributed by atoms with Crippen molar-refractivity contribution in [1.29, 1.82) is 0 Å². The Bertz CT molecular complexity index is 254. The zero-order chi connectivity index (χ0) is 13.6. The van der Waals surface area contributed by atoms with Gasteiger partial charge in [-0.2, -0.15) is 0 Å². The van der Waals surface area contributed by atoms with Gasteiger partial charge >= 0.3 is 5.97 Å². The molecule has 0 heterocycles. The van der Waals surface area contributed by atoms with Gasteiger partial charge in [0.05, 0.1) is 11.5 Å². The van der Waals surface area contributed by atoms with Gasteiger partial charge in [-0.05, 0) is 51.6 Å². The molecule has 0 unspecified atom stereocenters. The summed E-state index contributed by atoms with van der Waals surface area (Å²) in [6.07, 6.45) is 4.64. The van der Waals surface area contributed by atoms with Crippen molar-refractivity contribution >= 4 is 5.97 Å². The van der Waals surface area contributed by atoms with Crippen molar-refractivity contribution in [3.05, 3.63) is 0 Å². The van der Waals surface area contributed by atoms with Crippen LogP contribution in [0, 0.1) is 5.92 Å². The summed E-state index contributed by atoms with van der Waals surface area (Å²) in [6, 6.07) is 0. The lowest BCUT2D eigenvalue weighted by molar-refractivity contribution is -0.145. The number of aliphatic hydroxyl groups is 1. The molecule has 0 aromatic carbocycles. The number of hydrogen-bond donors (Lipinski definition) is 2. The van der Waals surface area contributed by atoms with E-state index in [1.165, 1.54) is 0 Å². The molecule has 0 atom stereocenters. The maximum absolute atomic E-state index is 10.9. The molecule has 0 radical (unpaired) electrons. The molecule has 4 heteroatoms. The van der Waals surface area contributed by atoms with Gasteiger partial charge in [-0.15, -0.1) is 0 Å². The first-order chi connectivity index (χ1) is 8.50. The fourth-order valence-electron chi connectivity index (χ4n) is 2.88. The highest BCUT2D eigenvalue weighted by atomic mass is 16.4. The largest absolute Gasteiger partial charge is 0.481 e. The third kappa shape index (κ3) is 4.58. The van der Waals surface area contributed by atoms with E-state index < -0.39 is 11.6 Å². The van der Waals surface area contributed by atoms with Gasteiger partial charge in [0.25, 0.3) is 0 Å². The lowest BCUT2D eigenvalue weighted by atomic mass is 9.78. The third-order valence-corrected chi connectivity index (χ3v) is 3.86. The summed E-state index contributed by atoms with van der Waals surface area (Å²) in [4.78, 5) is 13.2. The molecular formula is C14H27NO3. The average Bonchev–Trinajstić information content (AvgIpc) is 2.29. The lowest BCUT2D eigenvalue weighted by Crippen LogP contribution is -2.46. The maximum Gasteiger partial charge on any atom is 0.306 e. The predicted octanol–water partition coefficient (Wildman–Crippen LogP) is 2.11. The van der Waals surface area contributed by atoms with Crippen molar-refractivity contribution in [3.8, 4) is 0 Å². The SMILES string of the molecule is CCCN(CCC)CC1(O)CCC(C(=O)O)CC1. The Kier molecular flexibility index (Phi) is 6.09. The Balaban J connectivity index is 2.47. The molecule has 1 fully saturated rings. The molecule has 106 valence electrons. The molecule has 0 aliphatic heterocycles. The van der Waals surface area contributed by atoms with E-state index in [2.05, 4.69) is 18.7 Å². The van der Waals surface area contributed by atoms with Gasteiger partial charge in [-0.3, -0.25) is 4.79 Å². The Morgan fingerprint density at radius 2 is 1.72 bits per heavy atom. The first-order valence-corrected chi connectivity index (χ1v) is 7.18. The van der Waals surface area contributed by atoms with E-state index in [1.54, 1.807) is 0 Å². The summed E-state index contributed by atoms with van der Waals surface area (Å²) < 4.78 is 0. The lowest BCUT2D eigenvalue weighted by Gasteiger charge is -2.38. The van der Waals surface area contributed by atoms with Crippen molar-refractivity contribution < 1.29 is 15.0 Å². The smallest absolute Gasteiger partial charge is 0.306 e. The minimum atomic E-state index is -0.712. The fraction of sp³-hybridized carbons (Fsp3) is 0.929. The molecule has 1 saturated carbocycles. The monoisotopic (exact) mass is 257 g/mol. The number of hydrogen-bond acceptors (Lipinski definition) is 3. The average molecular weight is 257 g/mol.